The Bertz CT molecular complexity index is 730. The van der Waals surface area contributed by atoms with Gasteiger partial charge in [0.15, 0.2) is 0 Å². The number of hydrogen-bond donors (Lipinski definition) is 3. The van der Waals surface area contributed by atoms with Crippen LogP contribution in [-0.4, -0.2) is 11.9 Å². The van der Waals surface area contributed by atoms with Crippen molar-refractivity contribution in [1.29, 1.82) is 0 Å². The van der Waals surface area contributed by atoms with Crippen LogP contribution in [0.5, 0.6) is 0 Å². The Balaban J connectivity index is 1.52. The van der Waals surface area contributed by atoms with E-state index in [0.717, 1.165) is 17.7 Å². The summed E-state index contributed by atoms with van der Waals surface area (Å²) in [6.45, 7) is 2.55. The number of urea groups is 1. The van der Waals surface area contributed by atoms with Crippen LogP contribution in [0, 0.1) is 11.8 Å². The number of carbonyl (C=O) groups excluding carboxylic acids is 2. The van der Waals surface area contributed by atoms with Crippen molar-refractivity contribution in [2.24, 2.45) is 11.8 Å². The van der Waals surface area contributed by atoms with Crippen LogP contribution in [0.1, 0.15) is 18.9 Å². The van der Waals surface area contributed by atoms with Gasteiger partial charge in [0.1, 0.15) is 0 Å². The highest BCUT2D eigenvalue weighted by molar-refractivity contribution is 5.99. The first kappa shape index (κ1) is 16.1. The van der Waals surface area contributed by atoms with Crippen LogP contribution in [0.2, 0.25) is 0 Å². The third-order valence-corrected chi connectivity index (χ3v) is 4.13. The minimum Gasteiger partial charge on any atom is -0.352 e. The minimum atomic E-state index is -0.297. The number of nitrogens with one attached hydrogen (secondary N) is 3. The average Bonchev–Trinajstić information content (AvgIpc) is 3.31. The van der Waals surface area contributed by atoms with E-state index in [1.165, 1.54) is 0 Å². The van der Waals surface area contributed by atoms with Gasteiger partial charge >= 0.3 is 6.03 Å². The maximum atomic E-state index is 12.0. The number of para-hydroxylation sites is 1. The Hall–Kier alpha value is -2.82. The highest BCUT2D eigenvalue weighted by Gasteiger charge is 2.38. The Labute approximate surface area is 141 Å². The summed E-state index contributed by atoms with van der Waals surface area (Å²) in [4.78, 5) is 23.9. The smallest absolute Gasteiger partial charge is 0.323 e. The first-order valence-corrected chi connectivity index (χ1v) is 8.11. The molecule has 2 aromatic rings. The van der Waals surface area contributed by atoms with Crippen molar-refractivity contribution in [2.45, 2.75) is 19.9 Å². The zero-order valence-electron chi connectivity index (χ0n) is 13.6. The van der Waals surface area contributed by atoms with Crippen LogP contribution in [0.15, 0.2) is 54.6 Å². The molecule has 0 aromatic heterocycles. The molecule has 24 heavy (non-hydrogen) atoms. The highest BCUT2D eigenvalue weighted by Crippen LogP contribution is 2.37. The first-order chi connectivity index (χ1) is 11.6. The number of rotatable bonds is 5. The number of anilines is 2. The molecule has 2 atom stereocenters. The number of benzene rings is 2. The molecule has 124 valence electrons. The van der Waals surface area contributed by atoms with Gasteiger partial charge in [0.2, 0.25) is 5.91 Å². The maximum absolute atomic E-state index is 12.0. The second-order valence-electron chi connectivity index (χ2n) is 6.18. The van der Waals surface area contributed by atoms with Crippen LogP contribution in [-0.2, 0) is 11.3 Å². The predicted octanol–water partition coefficient (Wildman–Crippen LogP) is 3.60. The fraction of sp³-hybridized carbons (Fsp3) is 0.263. The molecule has 0 spiro atoms. The Morgan fingerprint density at radius 3 is 2.38 bits per heavy atom. The molecule has 2 aromatic carbocycles. The fourth-order valence-corrected chi connectivity index (χ4v) is 2.58. The molecule has 0 saturated heterocycles. The Morgan fingerprint density at radius 1 is 1.00 bits per heavy atom. The summed E-state index contributed by atoms with van der Waals surface area (Å²) in [5.41, 5.74) is 2.38. The van der Waals surface area contributed by atoms with Gasteiger partial charge in [-0.25, -0.2) is 4.79 Å². The van der Waals surface area contributed by atoms with Gasteiger partial charge in [0.05, 0.1) is 0 Å². The summed E-state index contributed by atoms with van der Waals surface area (Å²) < 4.78 is 0. The molecule has 0 heterocycles. The molecule has 1 aliphatic rings. The molecule has 0 aliphatic heterocycles. The van der Waals surface area contributed by atoms with Gasteiger partial charge in [-0.15, -0.1) is 0 Å². The molecular formula is C19H21N3O2. The summed E-state index contributed by atoms with van der Waals surface area (Å²) in [6, 6.07) is 16.4. The third-order valence-electron chi connectivity index (χ3n) is 4.13. The molecule has 5 heteroatoms. The normalized spacial score (nSPS) is 18.5. The fourth-order valence-electron chi connectivity index (χ4n) is 2.58. The number of amides is 3. The first-order valence-electron chi connectivity index (χ1n) is 8.11. The van der Waals surface area contributed by atoms with Gasteiger partial charge in [-0.1, -0.05) is 37.3 Å². The van der Waals surface area contributed by atoms with E-state index in [4.69, 9.17) is 0 Å². The molecule has 1 saturated carbocycles. The summed E-state index contributed by atoms with van der Waals surface area (Å²) in [5, 5.41) is 8.51. The van der Waals surface area contributed by atoms with Gasteiger partial charge in [0, 0.05) is 23.8 Å². The monoisotopic (exact) mass is 323 g/mol. The van der Waals surface area contributed by atoms with E-state index < -0.39 is 0 Å². The summed E-state index contributed by atoms with van der Waals surface area (Å²) in [6.07, 6.45) is 0.979. The molecule has 1 aliphatic carbocycles. The van der Waals surface area contributed by atoms with Crippen LogP contribution >= 0.6 is 0 Å². The highest BCUT2D eigenvalue weighted by atomic mass is 16.2. The van der Waals surface area contributed by atoms with E-state index in [2.05, 4.69) is 22.9 Å². The van der Waals surface area contributed by atoms with E-state index in [0.29, 0.717) is 18.2 Å². The lowest BCUT2D eigenvalue weighted by Gasteiger charge is -2.10. The number of hydrogen-bond acceptors (Lipinski definition) is 2. The lowest BCUT2D eigenvalue weighted by molar-refractivity contribution is -0.122. The van der Waals surface area contributed by atoms with Crippen molar-refractivity contribution in [3.63, 3.8) is 0 Å². The maximum Gasteiger partial charge on any atom is 0.323 e. The summed E-state index contributed by atoms with van der Waals surface area (Å²) >= 11 is 0. The Morgan fingerprint density at radius 2 is 1.67 bits per heavy atom. The topological polar surface area (TPSA) is 70.2 Å². The van der Waals surface area contributed by atoms with Crippen molar-refractivity contribution in [3.8, 4) is 0 Å². The Kier molecular flexibility index (Phi) is 4.79. The van der Waals surface area contributed by atoms with Gasteiger partial charge in [-0.05, 0) is 42.2 Å². The van der Waals surface area contributed by atoms with Crippen molar-refractivity contribution in [2.75, 3.05) is 10.6 Å². The van der Waals surface area contributed by atoms with E-state index in [-0.39, 0.29) is 17.9 Å². The van der Waals surface area contributed by atoms with Gasteiger partial charge < -0.3 is 16.0 Å². The molecule has 0 bridgehead atoms. The van der Waals surface area contributed by atoms with Crippen LogP contribution in [0.3, 0.4) is 0 Å². The third kappa shape index (κ3) is 4.35. The molecule has 3 amide bonds. The average molecular weight is 323 g/mol. The predicted molar refractivity (Wildman–Crippen MR) is 94.6 cm³/mol. The van der Waals surface area contributed by atoms with E-state index in [1.807, 2.05) is 54.6 Å². The van der Waals surface area contributed by atoms with Gasteiger partial charge in [-0.2, -0.15) is 0 Å². The van der Waals surface area contributed by atoms with Crippen molar-refractivity contribution < 1.29 is 9.59 Å². The lowest BCUT2D eigenvalue weighted by atomic mass is 10.2. The van der Waals surface area contributed by atoms with E-state index >= 15 is 0 Å². The quantitative estimate of drug-likeness (QED) is 0.787. The van der Waals surface area contributed by atoms with Crippen LogP contribution in [0.4, 0.5) is 16.2 Å². The van der Waals surface area contributed by atoms with E-state index in [1.54, 1.807) is 0 Å². The molecular weight excluding hydrogens is 302 g/mol. The summed E-state index contributed by atoms with van der Waals surface area (Å²) in [5.74, 6) is 0.783. The molecule has 1 fully saturated rings. The zero-order chi connectivity index (χ0) is 16.9. The molecule has 5 nitrogen and oxygen atoms in total. The van der Waals surface area contributed by atoms with Crippen molar-refractivity contribution in [3.05, 3.63) is 60.2 Å². The largest absolute Gasteiger partial charge is 0.352 e. The van der Waals surface area contributed by atoms with Crippen molar-refractivity contribution >= 4 is 23.3 Å². The minimum absolute atomic E-state index is 0.114. The molecule has 3 N–H and O–H groups in total. The van der Waals surface area contributed by atoms with Gasteiger partial charge in [0.25, 0.3) is 0 Å². The summed E-state index contributed by atoms with van der Waals surface area (Å²) in [7, 11) is 0. The second kappa shape index (κ2) is 7.17. The second-order valence-corrected chi connectivity index (χ2v) is 6.18. The molecule has 3 rings (SSSR count). The van der Waals surface area contributed by atoms with Crippen LogP contribution in [0.25, 0.3) is 0 Å². The molecule has 0 radical (unpaired) electrons. The van der Waals surface area contributed by atoms with E-state index in [9.17, 15) is 9.59 Å². The lowest BCUT2D eigenvalue weighted by Crippen LogP contribution is -2.25. The van der Waals surface area contributed by atoms with Crippen LogP contribution < -0.4 is 16.0 Å². The SMILES string of the molecule is C[C@H]1C[C@H]1C(=O)NCc1cccc(NC(=O)Nc2ccccc2)c1. The zero-order valence-corrected chi connectivity index (χ0v) is 13.6. The van der Waals surface area contributed by atoms with Gasteiger partial charge in [-0.3, -0.25) is 4.79 Å². The number of carbonyl (C=O) groups is 2. The van der Waals surface area contributed by atoms with Crippen molar-refractivity contribution in [1.82, 2.24) is 5.32 Å². The molecule has 0 unspecified atom stereocenters. The standard InChI is InChI=1S/C19H21N3O2/c1-13-10-17(13)18(23)20-12-14-6-5-9-16(11-14)22-19(24)21-15-7-3-2-4-8-15/h2-9,11,13,17H,10,12H2,1H3,(H,20,23)(H2,21,22,24)/t13-,17+/m0/s1.